The minimum atomic E-state index is -4.56. The molecule has 7 nitrogen and oxygen atoms in total. The van der Waals surface area contributed by atoms with Crippen molar-refractivity contribution in [2.24, 2.45) is 0 Å². The van der Waals surface area contributed by atoms with Gasteiger partial charge in [0.2, 0.25) is 0 Å². The predicted octanol–water partition coefficient (Wildman–Crippen LogP) is 7.74. The second-order valence-electron chi connectivity index (χ2n) is 13.5. The zero-order valence-corrected chi connectivity index (χ0v) is 27.1. The van der Waals surface area contributed by atoms with Gasteiger partial charge in [-0.2, -0.15) is 13.2 Å². The Morgan fingerprint density at radius 2 is 1.70 bits per heavy atom. The maximum absolute atomic E-state index is 13.2. The zero-order valence-electron chi connectivity index (χ0n) is 27.1. The first-order valence-corrected chi connectivity index (χ1v) is 16.0. The Kier molecular flexibility index (Phi) is 10.4. The molecule has 1 aromatic carbocycles. The molecule has 0 radical (unpaired) electrons. The predicted molar refractivity (Wildman–Crippen MR) is 167 cm³/mol. The summed E-state index contributed by atoms with van der Waals surface area (Å²) in [6.45, 7) is 16.0. The number of nitrogens with one attached hydrogen (secondary N) is 1. The van der Waals surface area contributed by atoms with E-state index in [-0.39, 0.29) is 17.4 Å². The van der Waals surface area contributed by atoms with Crippen LogP contribution in [-0.2, 0) is 10.9 Å². The number of carbonyl (C=O) groups is 1. The van der Waals surface area contributed by atoms with Crippen LogP contribution in [0.2, 0.25) is 0 Å². The summed E-state index contributed by atoms with van der Waals surface area (Å²) in [7, 11) is 0. The van der Waals surface area contributed by atoms with Crippen LogP contribution in [0.5, 0.6) is 5.75 Å². The number of carbonyl (C=O) groups excluding carboxylic acids is 1. The van der Waals surface area contributed by atoms with Gasteiger partial charge in [-0.1, -0.05) is 6.92 Å². The maximum Gasteiger partial charge on any atom is 0.416 e. The summed E-state index contributed by atoms with van der Waals surface area (Å²) in [6, 6.07) is 3.55. The van der Waals surface area contributed by atoms with Crippen molar-refractivity contribution in [3.8, 4) is 5.75 Å². The number of piperidine rings is 3. The first kappa shape index (κ1) is 33.9. The number of allylic oxidation sites excluding steroid dienone is 3. The van der Waals surface area contributed by atoms with Crippen molar-refractivity contribution in [2.45, 2.75) is 110 Å². The molecule has 1 amide bonds. The van der Waals surface area contributed by atoms with Gasteiger partial charge in [-0.3, -0.25) is 10.3 Å². The van der Waals surface area contributed by atoms with E-state index in [9.17, 15) is 23.1 Å². The summed E-state index contributed by atoms with van der Waals surface area (Å²) >= 11 is 0. The molecule has 2 N–H and O–H groups in total. The van der Waals surface area contributed by atoms with Crippen LogP contribution in [0.4, 0.5) is 18.0 Å². The smallest absolute Gasteiger partial charge is 0.416 e. The number of likely N-dealkylation sites (tertiary alicyclic amines) is 3. The molecule has 44 heavy (non-hydrogen) atoms. The lowest BCUT2D eigenvalue weighted by atomic mass is 9.86. The highest BCUT2D eigenvalue weighted by Crippen LogP contribution is 2.39. The standard InChI is InChI=1S/C34H49F3N4O3/c1-7-22(2)31-27(23(3)30(38)28-13-12-24(20-29(28)42)34(35,36)37)11-9-17-41(31)26-10-8-16-40(21-26)25-14-18-39(19-15-25)32(43)44-33(4,5)6/h12-13,20,25-26,38,42H,7-11,14-19,21H2,1-6H3/b27-23-,31-22-,38-30?/t26-/m1/s1. The van der Waals surface area contributed by atoms with Crippen LogP contribution in [0.1, 0.15) is 97.6 Å². The first-order chi connectivity index (χ1) is 20.6. The highest BCUT2D eigenvalue weighted by atomic mass is 19.4. The van der Waals surface area contributed by atoms with Crippen LogP contribution in [0.15, 0.2) is 40.6 Å². The van der Waals surface area contributed by atoms with Gasteiger partial charge in [0, 0.05) is 49.5 Å². The van der Waals surface area contributed by atoms with Gasteiger partial charge in [0.1, 0.15) is 11.4 Å². The van der Waals surface area contributed by atoms with Crippen molar-refractivity contribution < 1.29 is 27.8 Å². The summed E-state index contributed by atoms with van der Waals surface area (Å²) in [4.78, 5) is 19.5. The van der Waals surface area contributed by atoms with Gasteiger partial charge in [0.15, 0.2) is 0 Å². The molecule has 3 aliphatic rings. The Bertz CT molecular complexity index is 1290. The normalized spacial score (nSPS) is 23.4. The molecule has 3 aliphatic heterocycles. The van der Waals surface area contributed by atoms with Gasteiger partial charge in [0.05, 0.1) is 11.3 Å². The summed E-state index contributed by atoms with van der Waals surface area (Å²) in [5.74, 6) is -0.532. The van der Waals surface area contributed by atoms with Crippen molar-refractivity contribution in [2.75, 3.05) is 32.7 Å². The van der Waals surface area contributed by atoms with Crippen LogP contribution >= 0.6 is 0 Å². The average molecular weight is 619 g/mol. The fourth-order valence-corrected chi connectivity index (χ4v) is 6.81. The number of aromatic hydroxyl groups is 1. The maximum atomic E-state index is 13.2. The van der Waals surface area contributed by atoms with Gasteiger partial charge < -0.3 is 19.6 Å². The number of phenols is 1. The molecule has 0 bridgehead atoms. The highest BCUT2D eigenvalue weighted by Gasteiger charge is 2.36. The number of nitrogens with zero attached hydrogens (tertiary/aromatic N) is 3. The Morgan fingerprint density at radius 1 is 1.02 bits per heavy atom. The lowest BCUT2D eigenvalue weighted by Gasteiger charge is -2.48. The second-order valence-corrected chi connectivity index (χ2v) is 13.5. The van der Waals surface area contributed by atoms with Crippen LogP contribution < -0.4 is 0 Å². The van der Waals surface area contributed by atoms with E-state index >= 15 is 0 Å². The van der Waals surface area contributed by atoms with Gasteiger partial charge in [-0.15, -0.1) is 0 Å². The van der Waals surface area contributed by atoms with E-state index in [0.717, 1.165) is 81.9 Å². The van der Waals surface area contributed by atoms with Gasteiger partial charge >= 0.3 is 12.3 Å². The number of amides is 1. The van der Waals surface area contributed by atoms with E-state index in [1.807, 2.05) is 32.6 Å². The summed E-state index contributed by atoms with van der Waals surface area (Å²) < 4.78 is 45.1. The number of halogens is 3. The molecule has 0 aromatic heterocycles. The number of hydrogen-bond donors (Lipinski definition) is 2. The quantitative estimate of drug-likeness (QED) is 0.330. The number of phenolic OH excluding ortho intramolecular Hbond substituents is 1. The molecule has 3 heterocycles. The third-order valence-electron chi connectivity index (χ3n) is 9.26. The average Bonchev–Trinajstić information content (AvgIpc) is 2.98. The van der Waals surface area contributed by atoms with Crippen LogP contribution in [0.3, 0.4) is 0 Å². The number of alkyl halides is 3. The van der Waals surface area contributed by atoms with Gasteiger partial charge in [-0.25, -0.2) is 4.79 Å². The van der Waals surface area contributed by atoms with E-state index in [1.54, 1.807) is 0 Å². The number of ether oxygens (including phenoxy) is 1. The summed E-state index contributed by atoms with van der Waals surface area (Å²) in [5.41, 5.74) is 2.84. The number of benzene rings is 1. The van der Waals surface area contributed by atoms with Gasteiger partial charge in [-0.05, 0) is 121 Å². The fourth-order valence-electron chi connectivity index (χ4n) is 6.81. The largest absolute Gasteiger partial charge is 0.507 e. The second kappa shape index (κ2) is 13.5. The highest BCUT2D eigenvalue weighted by molar-refractivity contribution is 6.12. The monoisotopic (exact) mass is 618 g/mol. The molecule has 244 valence electrons. The van der Waals surface area contributed by atoms with Crippen molar-refractivity contribution in [3.63, 3.8) is 0 Å². The third-order valence-corrected chi connectivity index (χ3v) is 9.26. The van der Waals surface area contributed by atoms with E-state index in [2.05, 4.69) is 23.6 Å². The SMILES string of the molecule is CC/C(C)=C1/C(=C(/C)C(=N)c2ccc(C(F)(F)F)cc2O)CCCN1[C@@H]1CCCN(C2CCN(C(=O)OC(C)(C)C)CC2)C1. The molecule has 10 heteroatoms. The molecule has 0 saturated carbocycles. The van der Waals surface area contributed by atoms with Crippen LogP contribution in [0, 0.1) is 5.41 Å². The third kappa shape index (κ3) is 7.79. The number of rotatable bonds is 5. The van der Waals surface area contributed by atoms with Crippen LogP contribution in [-0.4, -0.2) is 82.0 Å². The molecule has 0 unspecified atom stereocenters. The van der Waals surface area contributed by atoms with E-state index in [4.69, 9.17) is 10.1 Å². The Morgan fingerprint density at radius 3 is 2.30 bits per heavy atom. The molecule has 0 spiro atoms. The minimum absolute atomic E-state index is 0.0523. The van der Waals surface area contributed by atoms with Crippen molar-refractivity contribution in [1.82, 2.24) is 14.7 Å². The Labute approximate surface area is 260 Å². The minimum Gasteiger partial charge on any atom is -0.507 e. The topological polar surface area (TPSA) is 80.1 Å². The summed E-state index contributed by atoms with van der Waals surface area (Å²) in [5, 5.41) is 19.4. The van der Waals surface area contributed by atoms with Crippen molar-refractivity contribution in [1.29, 1.82) is 5.41 Å². The zero-order chi connectivity index (χ0) is 32.4. The molecule has 3 fully saturated rings. The molecule has 0 aliphatic carbocycles. The first-order valence-electron chi connectivity index (χ1n) is 16.0. The fraction of sp³-hybridized carbons (Fsp3) is 0.647. The summed E-state index contributed by atoms with van der Waals surface area (Å²) in [6.07, 6.45) is 1.73. The molecule has 3 saturated heterocycles. The Balaban J connectivity index is 1.52. The molecular weight excluding hydrogens is 569 g/mol. The Hall–Kier alpha value is -3.01. The van der Waals surface area contributed by atoms with E-state index < -0.39 is 23.1 Å². The molecule has 4 rings (SSSR count). The van der Waals surface area contributed by atoms with E-state index in [1.165, 1.54) is 11.6 Å². The lowest BCUT2D eigenvalue weighted by Crippen LogP contribution is -2.54. The molecular formula is C34H49F3N4O3. The van der Waals surface area contributed by atoms with E-state index in [0.29, 0.717) is 36.8 Å². The molecule has 1 atom stereocenters. The van der Waals surface area contributed by atoms with Crippen molar-refractivity contribution >= 4 is 11.8 Å². The number of hydrogen-bond acceptors (Lipinski definition) is 6. The van der Waals surface area contributed by atoms with Crippen LogP contribution in [0.25, 0.3) is 0 Å². The molecule has 1 aromatic rings. The van der Waals surface area contributed by atoms with Crippen molar-refractivity contribution in [3.05, 3.63) is 51.7 Å². The lowest BCUT2D eigenvalue weighted by molar-refractivity contribution is -0.137. The van der Waals surface area contributed by atoms with Gasteiger partial charge in [0.25, 0.3) is 0 Å².